The molecule has 0 bridgehead atoms. The monoisotopic (exact) mass is 299 g/mol. The van der Waals surface area contributed by atoms with Crippen molar-refractivity contribution in [2.75, 3.05) is 0 Å². The summed E-state index contributed by atoms with van der Waals surface area (Å²) in [6.07, 6.45) is 4.03. The van der Waals surface area contributed by atoms with Gasteiger partial charge in [-0.25, -0.2) is 0 Å². The SMILES string of the molecule is CC(C)(C)N[C@H](CC1=CCc2ccccc21)C(=O)C(C)(C)C. The Morgan fingerprint density at radius 2 is 1.77 bits per heavy atom. The van der Waals surface area contributed by atoms with Gasteiger partial charge in [-0.3, -0.25) is 4.79 Å². The summed E-state index contributed by atoms with van der Waals surface area (Å²) < 4.78 is 0. The van der Waals surface area contributed by atoms with Gasteiger partial charge in [0.2, 0.25) is 0 Å². The minimum atomic E-state index is -0.332. The molecular weight excluding hydrogens is 270 g/mol. The number of carbonyl (C=O) groups excluding carboxylic acids is 1. The topological polar surface area (TPSA) is 29.1 Å². The van der Waals surface area contributed by atoms with Crippen molar-refractivity contribution in [2.24, 2.45) is 5.41 Å². The maximum Gasteiger partial charge on any atom is 0.155 e. The summed E-state index contributed by atoms with van der Waals surface area (Å²) >= 11 is 0. The first-order valence-electron chi connectivity index (χ1n) is 8.17. The van der Waals surface area contributed by atoms with Crippen LogP contribution in [0.2, 0.25) is 0 Å². The largest absolute Gasteiger partial charge is 0.302 e. The predicted octanol–water partition coefficient (Wildman–Crippen LogP) is 4.39. The Hall–Kier alpha value is -1.41. The normalized spacial score (nSPS) is 16.2. The molecule has 1 aromatic rings. The summed E-state index contributed by atoms with van der Waals surface area (Å²) in [7, 11) is 0. The molecule has 0 unspecified atom stereocenters. The molecule has 0 aromatic heterocycles. The highest BCUT2D eigenvalue weighted by atomic mass is 16.1. The lowest BCUT2D eigenvalue weighted by Crippen LogP contribution is -2.50. The number of carbonyl (C=O) groups is 1. The van der Waals surface area contributed by atoms with Crippen LogP contribution in [0.1, 0.15) is 59.1 Å². The van der Waals surface area contributed by atoms with E-state index in [-0.39, 0.29) is 22.8 Å². The van der Waals surface area contributed by atoms with Crippen LogP contribution >= 0.6 is 0 Å². The number of ketones is 1. The highest BCUT2D eigenvalue weighted by Gasteiger charge is 2.33. The van der Waals surface area contributed by atoms with E-state index in [1.165, 1.54) is 16.7 Å². The molecule has 1 N–H and O–H groups in total. The lowest BCUT2D eigenvalue weighted by atomic mass is 9.82. The van der Waals surface area contributed by atoms with Gasteiger partial charge in [0.25, 0.3) is 0 Å². The van der Waals surface area contributed by atoms with E-state index in [1.807, 2.05) is 20.8 Å². The van der Waals surface area contributed by atoms with Gasteiger partial charge in [-0.1, -0.05) is 51.1 Å². The average molecular weight is 299 g/mol. The molecule has 22 heavy (non-hydrogen) atoms. The Balaban J connectivity index is 2.23. The molecule has 2 rings (SSSR count). The van der Waals surface area contributed by atoms with Crippen molar-refractivity contribution >= 4 is 11.4 Å². The van der Waals surface area contributed by atoms with Crippen LogP contribution in [0, 0.1) is 5.41 Å². The van der Waals surface area contributed by atoms with E-state index >= 15 is 0 Å². The molecule has 0 saturated carbocycles. The Morgan fingerprint density at radius 3 is 2.36 bits per heavy atom. The second kappa shape index (κ2) is 6.00. The first kappa shape index (κ1) is 17.0. The van der Waals surface area contributed by atoms with Crippen LogP contribution in [-0.4, -0.2) is 17.4 Å². The van der Waals surface area contributed by atoms with E-state index in [0.29, 0.717) is 0 Å². The molecule has 0 radical (unpaired) electrons. The quantitative estimate of drug-likeness (QED) is 0.893. The lowest BCUT2D eigenvalue weighted by molar-refractivity contribution is -0.128. The van der Waals surface area contributed by atoms with E-state index < -0.39 is 0 Å². The van der Waals surface area contributed by atoms with Crippen LogP contribution in [0.4, 0.5) is 0 Å². The highest BCUT2D eigenvalue weighted by Crippen LogP contribution is 2.32. The highest BCUT2D eigenvalue weighted by molar-refractivity contribution is 5.91. The summed E-state index contributed by atoms with van der Waals surface area (Å²) in [6.45, 7) is 12.4. The summed E-state index contributed by atoms with van der Waals surface area (Å²) in [5.41, 5.74) is 3.57. The Kier molecular flexibility index (Phi) is 4.62. The molecule has 120 valence electrons. The van der Waals surface area contributed by atoms with Gasteiger partial charge in [0.05, 0.1) is 6.04 Å². The van der Waals surface area contributed by atoms with E-state index in [1.54, 1.807) is 0 Å². The summed E-state index contributed by atoms with van der Waals surface area (Å²) in [5, 5.41) is 3.53. The van der Waals surface area contributed by atoms with Crippen molar-refractivity contribution in [1.82, 2.24) is 5.32 Å². The fourth-order valence-electron chi connectivity index (χ4n) is 3.02. The number of hydrogen-bond donors (Lipinski definition) is 1. The number of fused-ring (bicyclic) bond motifs is 1. The third kappa shape index (κ3) is 4.07. The second-order valence-corrected chi connectivity index (χ2v) is 8.36. The van der Waals surface area contributed by atoms with E-state index in [4.69, 9.17) is 0 Å². The first-order chi connectivity index (χ1) is 10.1. The molecule has 2 nitrogen and oxygen atoms in total. The minimum Gasteiger partial charge on any atom is -0.302 e. The third-order valence-corrected chi connectivity index (χ3v) is 4.02. The zero-order valence-electron chi connectivity index (χ0n) is 14.8. The van der Waals surface area contributed by atoms with Gasteiger partial charge < -0.3 is 5.32 Å². The van der Waals surface area contributed by atoms with E-state index in [2.05, 4.69) is 56.4 Å². The van der Waals surface area contributed by atoms with Crippen LogP contribution in [-0.2, 0) is 11.2 Å². The van der Waals surface area contributed by atoms with Crippen molar-refractivity contribution < 1.29 is 4.79 Å². The minimum absolute atomic E-state index is 0.0791. The molecule has 1 aliphatic carbocycles. The smallest absolute Gasteiger partial charge is 0.155 e. The molecule has 0 fully saturated rings. The predicted molar refractivity (Wildman–Crippen MR) is 93.9 cm³/mol. The number of nitrogens with one attached hydrogen (secondary N) is 1. The van der Waals surface area contributed by atoms with Crippen LogP contribution < -0.4 is 5.32 Å². The number of allylic oxidation sites excluding steroid dienone is 1. The first-order valence-corrected chi connectivity index (χ1v) is 8.17. The standard InChI is InChI=1S/C20H29NO/c1-19(2,3)18(22)17(21-20(4,5)6)13-15-12-11-14-9-7-8-10-16(14)15/h7-10,12,17,21H,11,13H2,1-6H3/t17-/m1/s1. The zero-order chi connectivity index (χ0) is 16.5. The second-order valence-electron chi connectivity index (χ2n) is 8.36. The van der Waals surface area contributed by atoms with Crippen molar-refractivity contribution in [3.63, 3.8) is 0 Å². The van der Waals surface area contributed by atoms with E-state index in [9.17, 15) is 4.79 Å². The average Bonchev–Trinajstić information content (AvgIpc) is 2.78. The fraction of sp³-hybridized carbons (Fsp3) is 0.550. The summed E-state index contributed by atoms with van der Waals surface area (Å²) in [5.74, 6) is 0.285. The van der Waals surface area contributed by atoms with Crippen molar-refractivity contribution in [1.29, 1.82) is 0 Å². The summed E-state index contributed by atoms with van der Waals surface area (Å²) in [4.78, 5) is 12.9. The van der Waals surface area contributed by atoms with Gasteiger partial charge in [0.1, 0.15) is 0 Å². The number of benzene rings is 1. The molecule has 1 aromatic carbocycles. The van der Waals surface area contributed by atoms with Crippen LogP contribution in [0.5, 0.6) is 0 Å². The molecule has 0 heterocycles. The molecule has 1 aliphatic rings. The van der Waals surface area contributed by atoms with Gasteiger partial charge >= 0.3 is 0 Å². The maximum absolute atomic E-state index is 12.9. The van der Waals surface area contributed by atoms with Crippen LogP contribution in [0.3, 0.4) is 0 Å². The Bertz CT molecular complexity index is 584. The molecule has 0 saturated heterocycles. The fourth-order valence-corrected chi connectivity index (χ4v) is 3.02. The van der Waals surface area contributed by atoms with Crippen molar-refractivity contribution in [3.05, 3.63) is 41.5 Å². The van der Waals surface area contributed by atoms with Gasteiger partial charge in [0, 0.05) is 11.0 Å². The number of rotatable bonds is 4. The molecule has 0 aliphatic heterocycles. The Morgan fingerprint density at radius 1 is 1.14 bits per heavy atom. The molecule has 0 amide bonds. The van der Waals surface area contributed by atoms with E-state index in [0.717, 1.165) is 12.8 Å². The van der Waals surface area contributed by atoms with Crippen molar-refractivity contribution in [2.45, 2.75) is 66.0 Å². The number of hydrogen-bond acceptors (Lipinski definition) is 2. The molecule has 1 atom stereocenters. The summed E-state index contributed by atoms with van der Waals surface area (Å²) in [6, 6.07) is 8.37. The lowest BCUT2D eigenvalue weighted by Gasteiger charge is -2.32. The van der Waals surface area contributed by atoms with Crippen LogP contribution in [0.25, 0.3) is 5.57 Å². The zero-order valence-corrected chi connectivity index (χ0v) is 14.8. The van der Waals surface area contributed by atoms with Gasteiger partial charge in [-0.05, 0) is 50.3 Å². The van der Waals surface area contributed by atoms with Crippen molar-refractivity contribution in [3.8, 4) is 0 Å². The maximum atomic E-state index is 12.9. The van der Waals surface area contributed by atoms with Gasteiger partial charge in [-0.15, -0.1) is 0 Å². The molecule has 2 heteroatoms. The third-order valence-electron chi connectivity index (χ3n) is 4.02. The van der Waals surface area contributed by atoms with Gasteiger partial charge in [0.15, 0.2) is 5.78 Å². The molecule has 0 spiro atoms. The molecular formula is C20H29NO. The van der Waals surface area contributed by atoms with Gasteiger partial charge in [-0.2, -0.15) is 0 Å². The van der Waals surface area contributed by atoms with Crippen LogP contribution in [0.15, 0.2) is 30.3 Å². The Labute approximate surface area is 135 Å². The number of Topliss-reactive ketones (excluding diaryl/α,β-unsaturated/α-hetero) is 1.